The minimum absolute atomic E-state index is 0.0373. The molecule has 0 aromatic heterocycles. The lowest BCUT2D eigenvalue weighted by Gasteiger charge is -2.46. The fourth-order valence-corrected chi connectivity index (χ4v) is 5.34. The quantitative estimate of drug-likeness (QED) is 0.663. The third kappa shape index (κ3) is 6.00. The standard InChI is InChI=1S/C25H39N3O3/c1-19-18-27(14-13-25(19,2)20-7-6-10-22(29)17-20)15-16-28(21-8-4-3-5-9-21)24(31)12-11-23(26)30/h6-7,10,17,19,21,29H,3-5,8-9,11-16,18H2,1-2H3,(H2,26,30)/t19-,25-/m0/s1. The molecule has 1 aliphatic carbocycles. The van der Waals surface area contributed by atoms with E-state index in [9.17, 15) is 14.7 Å². The second-order valence-electron chi connectivity index (χ2n) is 9.76. The van der Waals surface area contributed by atoms with Crippen LogP contribution in [0.2, 0.25) is 0 Å². The number of amides is 2. The molecular formula is C25H39N3O3. The number of nitrogens with zero attached hydrogens (tertiary/aromatic N) is 2. The Labute approximate surface area is 186 Å². The molecule has 1 heterocycles. The van der Waals surface area contributed by atoms with Crippen molar-refractivity contribution in [2.24, 2.45) is 11.7 Å². The Bertz CT molecular complexity index is 762. The van der Waals surface area contributed by atoms with Crippen molar-refractivity contribution in [1.82, 2.24) is 9.80 Å². The average Bonchev–Trinajstić information content (AvgIpc) is 2.75. The van der Waals surface area contributed by atoms with E-state index in [1.165, 1.54) is 24.8 Å². The number of benzene rings is 1. The number of phenols is 1. The molecule has 2 fully saturated rings. The molecule has 1 aromatic rings. The minimum atomic E-state index is -0.409. The van der Waals surface area contributed by atoms with Crippen LogP contribution < -0.4 is 5.73 Å². The monoisotopic (exact) mass is 429 g/mol. The molecule has 1 aromatic carbocycles. The van der Waals surface area contributed by atoms with E-state index in [1.807, 2.05) is 17.0 Å². The summed E-state index contributed by atoms with van der Waals surface area (Å²) in [6.07, 6.45) is 7.10. The highest BCUT2D eigenvalue weighted by molar-refractivity contribution is 5.83. The first kappa shape index (κ1) is 23.6. The summed E-state index contributed by atoms with van der Waals surface area (Å²) >= 11 is 0. The van der Waals surface area contributed by atoms with Crippen molar-refractivity contribution < 1.29 is 14.7 Å². The SMILES string of the molecule is C[C@H]1CN(CCN(C(=O)CCC(N)=O)C2CCCCC2)CC[C@]1(C)c1cccc(O)c1. The number of carbonyl (C=O) groups is 2. The predicted octanol–water partition coefficient (Wildman–Crippen LogP) is 3.42. The van der Waals surface area contributed by atoms with Gasteiger partial charge in [0.05, 0.1) is 0 Å². The van der Waals surface area contributed by atoms with E-state index in [4.69, 9.17) is 5.73 Å². The van der Waals surface area contributed by atoms with Gasteiger partial charge in [-0.05, 0) is 54.8 Å². The van der Waals surface area contributed by atoms with Gasteiger partial charge in [-0.1, -0.05) is 45.2 Å². The summed E-state index contributed by atoms with van der Waals surface area (Å²) in [5.41, 5.74) is 6.51. The first-order chi connectivity index (χ1) is 14.8. The van der Waals surface area contributed by atoms with Gasteiger partial charge in [-0.2, -0.15) is 0 Å². The van der Waals surface area contributed by atoms with Gasteiger partial charge in [0.25, 0.3) is 0 Å². The summed E-state index contributed by atoms with van der Waals surface area (Å²) < 4.78 is 0. The fraction of sp³-hybridized carbons (Fsp3) is 0.680. The normalized spacial score (nSPS) is 25.3. The number of rotatable bonds is 8. The molecule has 0 spiro atoms. The molecule has 172 valence electrons. The number of phenolic OH excluding ortho intramolecular Hbond substituents is 1. The molecule has 0 unspecified atom stereocenters. The number of nitrogens with two attached hydrogens (primary N) is 1. The van der Waals surface area contributed by atoms with E-state index in [0.29, 0.717) is 17.7 Å². The van der Waals surface area contributed by atoms with Crippen molar-refractivity contribution in [1.29, 1.82) is 0 Å². The van der Waals surface area contributed by atoms with E-state index in [1.54, 1.807) is 6.07 Å². The van der Waals surface area contributed by atoms with Crippen LogP contribution in [-0.4, -0.2) is 58.9 Å². The molecule has 6 nitrogen and oxygen atoms in total. The number of piperidine rings is 1. The van der Waals surface area contributed by atoms with Gasteiger partial charge < -0.3 is 20.6 Å². The summed E-state index contributed by atoms with van der Waals surface area (Å²) in [6, 6.07) is 7.97. The van der Waals surface area contributed by atoms with Crippen LogP contribution in [0.3, 0.4) is 0 Å². The Morgan fingerprint density at radius 3 is 2.61 bits per heavy atom. The molecule has 2 atom stereocenters. The van der Waals surface area contributed by atoms with Gasteiger partial charge in [-0.3, -0.25) is 9.59 Å². The first-order valence-corrected chi connectivity index (χ1v) is 11.9. The van der Waals surface area contributed by atoms with Crippen molar-refractivity contribution in [2.75, 3.05) is 26.2 Å². The van der Waals surface area contributed by atoms with Crippen LogP contribution in [0.4, 0.5) is 0 Å². The highest BCUT2D eigenvalue weighted by Gasteiger charge is 2.38. The number of hydrogen-bond donors (Lipinski definition) is 2. The van der Waals surface area contributed by atoms with Crippen molar-refractivity contribution in [2.45, 2.75) is 76.7 Å². The Morgan fingerprint density at radius 1 is 1.23 bits per heavy atom. The lowest BCUT2D eigenvalue weighted by molar-refractivity contribution is -0.136. The molecule has 3 rings (SSSR count). The summed E-state index contributed by atoms with van der Waals surface area (Å²) in [5.74, 6) is 0.427. The van der Waals surface area contributed by atoms with Crippen molar-refractivity contribution in [3.63, 3.8) is 0 Å². The van der Waals surface area contributed by atoms with Crippen LogP contribution >= 0.6 is 0 Å². The summed E-state index contributed by atoms with van der Waals surface area (Å²) in [7, 11) is 0. The van der Waals surface area contributed by atoms with Crippen LogP contribution in [0.5, 0.6) is 5.75 Å². The van der Waals surface area contributed by atoms with Gasteiger partial charge in [0, 0.05) is 38.5 Å². The fourth-order valence-electron chi connectivity index (χ4n) is 5.34. The maximum absolute atomic E-state index is 12.9. The van der Waals surface area contributed by atoms with Gasteiger partial charge in [0.15, 0.2) is 0 Å². The van der Waals surface area contributed by atoms with Crippen molar-refractivity contribution >= 4 is 11.8 Å². The maximum Gasteiger partial charge on any atom is 0.223 e. The van der Waals surface area contributed by atoms with E-state index < -0.39 is 5.91 Å². The molecule has 0 radical (unpaired) electrons. The predicted molar refractivity (Wildman–Crippen MR) is 123 cm³/mol. The van der Waals surface area contributed by atoms with Crippen LogP contribution in [0, 0.1) is 5.92 Å². The van der Waals surface area contributed by atoms with Crippen LogP contribution in [0.15, 0.2) is 24.3 Å². The van der Waals surface area contributed by atoms with E-state index in [0.717, 1.165) is 45.4 Å². The van der Waals surface area contributed by atoms with Gasteiger partial charge in [0.1, 0.15) is 5.75 Å². The zero-order chi connectivity index (χ0) is 22.4. The molecule has 6 heteroatoms. The number of hydrogen-bond acceptors (Lipinski definition) is 4. The topological polar surface area (TPSA) is 86.9 Å². The molecule has 1 saturated carbocycles. The maximum atomic E-state index is 12.9. The molecule has 3 N–H and O–H groups in total. The summed E-state index contributed by atoms with van der Waals surface area (Å²) in [5, 5.41) is 9.92. The van der Waals surface area contributed by atoms with Crippen molar-refractivity contribution in [3.8, 4) is 5.75 Å². The largest absolute Gasteiger partial charge is 0.508 e. The highest BCUT2D eigenvalue weighted by atomic mass is 16.3. The van der Waals surface area contributed by atoms with E-state index in [2.05, 4.69) is 24.8 Å². The van der Waals surface area contributed by atoms with E-state index >= 15 is 0 Å². The number of likely N-dealkylation sites (tertiary alicyclic amines) is 1. The van der Waals surface area contributed by atoms with Gasteiger partial charge in [-0.25, -0.2) is 0 Å². The number of primary amides is 1. The zero-order valence-electron chi connectivity index (χ0n) is 19.2. The molecule has 1 saturated heterocycles. The molecule has 2 aliphatic rings. The van der Waals surface area contributed by atoms with Gasteiger partial charge >= 0.3 is 0 Å². The third-order valence-corrected chi connectivity index (χ3v) is 7.65. The van der Waals surface area contributed by atoms with Crippen LogP contribution in [0.25, 0.3) is 0 Å². The lowest BCUT2D eigenvalue weighted by atomic mass is 9.68. The molecular weight excluding hydrogens is 390 g/mol. The van der Waals surface area contributed by atoms with Crippen molar-refractivity contribution in [3.05, 3.63) is 29.8 Å². The Morgan fingerprint density at radius 2 is 1.97 bits per heavy atom. The van der Waals surface area contributed by atoms with Crippen LogP contribution in [-0.2, 0) is 15.0 Å². The summed E-state index contributed by atoms with van der Waals surface area (Å²) in [6.45, 7) is 8.11. The minimum Gasteiger partial charge on any atom is -0.508 e. The molecule has 0 bridgehead atoms. The first-order valence-electron chi connectivity index (χ1n) is 11.9. The lowest BCUT2D eigenvalue weighted by Crippen LogP contribution is -2.51. The molecule has 1 aliphatic heterocycles. The zero-order valence-corrected chi connectivity index (χ0v) is 19.2. The average molecular weight is 430 g/mol. The third-order valence-electron chi connectivity index (χ3n) is 7.65. The van der Waals surface area contributed by atoms with Gasteiger partial charge in [0.2, 0.25) is 11.8 Å². The Kier molecular flexibility index (Phi) is 7.98. The molecule has 2 amide bonds. The molecule has 31 heavy (non-hydrogen) atoms. The van der Waals surface area contributed by atoms with Crippen LogP contribution in [0.1, 0.15) is 70.8 Å². The smallest absolute Gasteiger partial charge is 0.223 e. The summed E-state index contributed by atoms with van der Waals surface area (Å²) in [4.78, 5) is 28.6. The van der Waals surface area contributed by atoms with Gasteiger partial charge in [-0.15, -0.1) is 0 Å². The highest BCUT2D eigenvalue weighted by Crippen LogP contribution is 2.40. The Balaban J connectivity index is 1.60. The second-order valence-corrected chi connectivity index (χ2v) is 9.76. The number of carbonyl (C=O) groups excluding carboxylic acids is 2. The van der Waals surface area contributed by atoms with E-state index in [-0.39, 0.29) is 24.2 Å². The Hall–Kier alpha value is -2.08. The second kappa shape index (κ2) is 10.5. The number of aromatic hydroxyl groups is 1.